The molecule has 1 heterocycles. The van der Waals surface area contributed by atoms with Crippen molar-refractivity contribution in [2.24, 2.45) is 0 Å². The lowest BCUT2D eigenvalue weighted by Crippen LogP contribution is -2.47. The number of carboxylic acids is 1. The smallest absolute Gasteiger partial charge is 0.335 e. The van der Waals surface area contributed by atoms with E-state index in [0.717, 1.165) is 43.0 Å². The van der Waals surface area contributed by atoms with Gasteiger partial charge in [-0.2, -0.15) is 0 Å². The number of phenols is 1. The molecule has 3 aromatic rings. The second-order valence-electron chi connectivity index (χ2n) is 7.84. The monoisotopic (exact) mass is 420 g/mol. The van der Waals surface area contributed by atoms with Crippen LogP contribution in [0.2, 0.25) is 0 Å². The predicted octanol–water partition coefficient (Wildman–Crippen LogP) is 4.78. The van der Waals surface area contributed by atoms with Crippen molar-refractivity contribution in [3.8, 4) is 16.9 Å². The number of aromatic hydroxyl groups is 1. The summed E-state index contributed by atoms with van der Waals surface area (Å²) in [6.07, 6.45) is 0. The Morgan fingerprint density at radius 1 is 0.935 bits per heavy atom. The Kier molecular flexibility index (Phi) is 5.91. The van der Waals surface area contributed by atoms with E-state index in [4.69, 9.17) is 5.11 Å². The molecule has 160 valence electrons. The molecule has 1 aliphatic rings. The highest BCUT2D eigenvalue weighted by atomic mass is 19.1. The van der Waals surface area contributed by atoms with E-state index < -0.39 is 5.97 Å². The first-order valence-electron chi connectivity index (χ1n) is 10.3. The van der Waals surface area contributed by atoms with Crippen LogP contribution in [-0.4, -0.2) is 47.3 Å². The van der Waals surface area contributed by atoms with Crippen molar-refractivity contribution >= 4 is 11.7 Å². The van der Waals surface area contributed by atoms with Gasteiger partial charge in [0.15, 0.2) is 0 Å². The number of rotatable bonds is 5. The van der Waals surface area contributed by atoms with Gasteiger partial charge in [-0.05, 0) is 60.5 Å². The topological polar surface area (TPSA) is 64.0 Å². The number of anilines is 1. The summed E-state index contributed by atoms with van der Waals surface area (Å²) in [6, 6.07) is 18.9. The number of benzene rings is 3. The molecule has 1 atom stereocenters. The van der Waals surface area contributed by atoms with Gasteiger partial charge in [0.25, 0.3) is 0 Å². The summed E-state index contributed by atoms with van der Waals surface area (Å²) < 4.78 is 14.9. The molecule has 1 fully saturated rings. The minimum atomic E-state index is -0.928. The Morgan fingerprint density at radius 2 is 1.61 bits per heavy atom. The molecule has 0 spiro atoms. The number of aromatic carboxylic acids is 1. The molecular weight excluding hydrogens is 395 g/mol. The molecule has 5 nitrogen and oxygen atoms in total. The predicted molar refractivity (Wildman–Crippen MR) is 119 cm³/mol. The molecule has 6 heteroatoms. The van der Waals surface area contributed by atoms with Crippen LogP contribution >= 0.6 is 0 Å². The van der Waals surface area contributed by atoms with Crippen LogP contribution in [0.25, 0.3) is 11.1 Å². The van der Waals surface area contributed by atoms with Gasteiger partial charge >= 0.3 is 5.97 Å². The molecule has 0 aromatic heterocycles. The highest BCUT2D eigenvalue weighted by Crippen LogP contribution is 2.30. The molecule has 2 N–H and O–H groups in total. The van der Waals surface area contributed by atoms with Crippen molar-refractivity contribution in [3.05, 3.63) is 83.7 Å². The average Bonchev–Trinajstić information content (AvgIpc) is 2.79. The van der Waals surface area contributed by atoms with E-state index in [1.54, 1.807) is 30.3 Å². The Balaban J connectivity index is 1.42. The SMILES string of the molecule is CC(c1ccc(-c2cccc(O)c2)cc1F)N1CCN(c2ccc(C(=O)O)cc2)CC1. The maximum atomic E-state index is 14.9. The second-order valence-corrected chi connectivity index (χ2v) is 7.84. The van der Waals surface area contributed by atoms with Crippen molar-refractivity contribution in [1.29, 1.82) is 0 Å². The average molecular weight is 420 g/mol. The molecule has 1 unspecified atom stereocenters. The molecule has 1 aliphatic heterocycles. The van der Waals surface area contributed by atoms with E-state index in [2.05, 4.69) is 9.80 Å². The van der Waals surface area contributed by atoms with Gasteiger partial charge in [0, 0.05) is 43.5 Å². The molecule has 31 heavy (non-hydrogen) atoms. The van der Waals surface area contributed by atoms with Crippen molar-refractivity contribution in [2.45, 2.75) is 13.0 Å². The minimum absolute atomic E-state index is 0.0604. The summed E-state index contributed by atoms with van der Waals surface area (Å²) in [5.41, 5.74) is 3.45. The molecule has 0 aliphatic carbocycles. The zero-order valence-corrected chi connectivity index (χ0v) is 17.3. The first kappa shape index (κ1) is 20.9. The third-order valence-corrected chi connectivity index (χ3v) is 5.97. The first-order valence-corrected chi connectivity index (χ1v) is 10.3. The largest absolute Gasteiger partial charge is 0.508 e. The third kappa shape index (κ3) is 4.54. The summed E-state index contributed by atoms with van der Waals surface area (Å²) in [5, 5.41) is 18.7. The molecule has 0 radical (unpaired) electrons. The van der Waals surface area contributed by atoms with Crippen LogP contribution in [0.15, 0.2) is 66.7 Å². The molecule has 0 amide bonds. The van der Waals surface area contributed by atoms with Crippen molar-refractivity contribution in [1.82, 2.24) is 4.90 Å². The third-order valence-electron chi connectivity index (χ3n) is 5.97. The van der Waals surface area contributed by atoms with Gasteiger partial charge in [-0.3, -0.25) is 4.90 Å². The van der Waals surface area contributed by atoms with Gasteiger partial charge < -0.3 is 15.1 Å². The van der Waals surface area contributed by atoms with Crippen LogP contribution in [-0.2, 0) is 0 Å². The molecular formula is C25H25FN2O3. The van der Waals surface area contributed by atoms with E-state index in [1.807, 2.05) is 37.3 Å². The number of hydrogen-bond acceptors (Lipinski definition) is 4. The molecule has 0 bridgehead atoms. The molecule has 3 aromatic carbocycles. The lowest BCUT2D eigenvalue weighted by atomic mass is 9.99. The minimum Gasteiger partial charge on any atom is -0.508 e. The van der Waals surface area contributed by atoms with Crippen LogP contribution in [0.3, 0.4) is 0 Å². The van der Waals surface area contributed by atoms with E-state index in [9.17, 15) is 14.3 Å². The number of carbonyl (C=O) groups is 1. The number of phenolic OH excluding ortho intramolecular Hbond substituents is 1. The zero-order valence-electron chi connectivity index (χ0n) is 17.3. The molecule has 0 saturated carbocycles. The maximum absolute atomic E-state index is 14.9. The Morgan fingerprint density at radius 3 is 2.23 bits per heavy atom. The van der Waals surface area contributed by atoms with Crippen LogP contribution in [0.1, 0.15) is 28.9 Å². The van der Waals surface area contributed by atoms with Gasteiger partial charge in [0.05, 0.1) is 5.56 Å². The Labute approximate surface area is 181 Å². The van der Waals surface area contributed by atoms with Gasteiger partial charge in [-0.15, -0.1) is 0 Å². The lowest BCUT2D eigenvalue weighted by Gasteiger charge is -2.39. The number of nitrogens with zero attached hydrogens (tertiary/aromatic N) is 2. The van der Waals surface area contributed by atoms with Crippen LogP contribution < -0.4 is 4.90 Å². The van der Waals surface area contributed by atoms with Crippen LogP contribution in [0.5, 0.6) is 5.75 Å². The van der Waals surface area contributed by atoms with E-state index >= 15 is 0 Å². The summed E-state index contributed by atoms with van der Waals surface area (Å²) in [7, 11) is 0. The normalized spacial score (nSPS) is 15.6. The number of carboxylic acid groups (broad SMARTS) is 1. The standard InChI is InChI=1S/C25H25FN2O3/c1-17(23-10-7-20(16-24(23)26)19-3-2-4-22(29)15-19)27-11-13-28(14-12-27)21-8-5-18(6-9-21)25(30)31/h2-10,15-17,29H,11-14H2,1H3,(H,30,31). The highest BCUT2D eigenvalue weighted by Gasteiger charge is 2.24. The lowest BCUT2D eigenvalue weighted by molar-refractivity contribution is 0.0697. The fraction of sp³-hybridized carbons (Fsp3) is 0.240. The van der Waals surface area contributed by atoms with Crippen molar-refractivity contribution in [3.63, 3.8) is 0 Å². The van der Waals surface area contributed by atoms with E-state index in [-0.39, 0.29) is 23.2 Å². The Bertz CT molecular complexity index is 1080. The van der Waals surface area contributed by atoms with Crippen molar-refractivity contribution in [2.75, 3.05) is 31.1 Å². The van der Waals surface area contributed by atoms with Crippen LogP contribution in [0.4, 0.5) is 10.1 Å². The first-order chi connectivity index (χ1) is 14.9. The van der Waals surface area contributed by atoms with E-state index in [1.165, 1.54) is 6.07 Å². The number of halogens is 1. The number of piperazine rings is 1. The molecule has 1 saturated heterocycles. The summed E-state index contributed by atoms with van der Waals surface area (Å²) in [4.78, 5) is 15.5. The van der Waals surface area contributed by atoms with Crippen molar-refractivity contribution < 1.29 is 19.4 Å². The van der Waals surface area contributed by atoms with Gasteiger partial charge in [0.1, 0.15) is 11.6 Å². The van der Waals surface area contributed by atoms with Crippen LogP contribution in [0, 0.1) is 5.82 Å². The van der Waals surface area contributed by atoms with Gasteiger partial charge in [-0.1, -0.05) is 24.3 Å². The zero-order chi connectivity index (χ0) is 22.0. The van der Waals surface area contributed by atoms with Gasteiger partial charge in [-0.25, -0.2) is 9.18 Å². The number of hydrogen-bond donors (Lipinski definition) is 2. The Hall–Kier alpha value is -3.38. The second kappa shape index (κ2) is 8.78. The molecule has 4 rings (SSSR count). The van der Waals surface area contributed by atoms with E-state index in [0.29, 0.717) is 5.56 Å². The fourth-order valence-electron chi connectivity index (χ4n) is 4.11. The quantitative estimate of drug-likeness (QED) is 0.622. The van der Waals surface area contributed by atoms with Gasteiger partial charge in [0.2, 0.25) is 0 Å². The highest BCUT2D eigenvalue weighted by molar-refractivity contribution is 5.88. The maximum Gasteiger partial charge on any atom is 0.335 e. The summed E-state index contributed by atoms with van der Waals surface area (Å²) in [5.74, 6) is -1.02. The summed E-state index contributed by atoms with van der Waals surface area (Å²) >= 11 is 0. The fourth-order valence-corrected chi connectivity index (χ4v) is 4.11. The summed E-state index contributed by atoms with van der Waals surface area (Å²) in [6.45, 7) is 5.18.